The number of amides is 2. The van der Waals surface area contributed by atoms with Crippen molar-refractivity contribution in [1.82, 2.24) is 24.8 Å². The van der Waals surface area contributed by atoms with Gasteiger partial charge in [0.15, 0.2) is 0 Å². The Balaban J connectivity index is 1.45. The highest BCUT2D eigenvalue weighted by atomic mass is 79.9. The maximum absolute atomic E-state index is 14.2. The molecule has 0 bridgehead atoms. The molecule has 3 heterocycles. The van der Waals surface area contributed by atoms with Crippen molar-refractivity contribution in [3.05, 3.63) is 75.5 Å². The first kappa shape index (κ1) is 30.2. The highest BCUT2D eigenvalue weighted by Gasteiger charge is 2.47. The maximum atomic E-state index is 14.2. The number of aryl methyl sites for hydroxylation is 1. The Bertz CT molecular complexity index is 1500. The van der Waals surface area contributed by atoms with Crippen molar-refractivity contribution in [3.8, 4) is 5.69 Å². The smallest absolute Gasteiger partial charge is 0.413 e. The van der Waals surface area contributed by atoms with Gasteiger partial charge in [-0.2, -0.15) is 0 Å². The Kier molecular flexibility index (Phi) is 8.00. The molecule has 9 nitrogen and oxygen atoms in total. The average molecular weight is 639 g/mol. The molecule has 0 radical (unpaired) electrons. The van der Waals surface area contributed by atoms with Crippen LogP contribution in [0.5, 0.6) is 0 Å². The van der Waals surface area contributed by atoms with Crippen LogP contribution < -0.4 is 0 Å². The summed E-state index contributed by atoms with van der Waals surface area (Å²) < 4.78 is 14.3. The van der Waals surface area contributed by atoms with Crippen LogP contribution >= 0.6 is 15.9 Å². The van der Waals surface area contributed by atoms with E-state index < -0.39 is 23.5 Å². The van der Waals surface area contributed by atoms with Gasteiger partial charge in [0.1, 0.15) is 23.1 Å². The van der Waals surface area contributed by atoms with Crippen molar-refractivity contribution in [2.24, 2.45) is 0 Å². The van der Waals surface area contributed by atoms with Crippen molar-refractivity contribution in [2.75, 3.05) is 13.2 Å². The van der Waals surface area contributed by atoms with Crippen molar-refractivity contribution < 1.29 is 19.1 Å². The van der Waals surface area contributed by atoms with E-state index in [4.69, 9.17) is 9.47 Å². The minimum atomic E-state index is -0.879. The number of hydrogen-bond donors (Lipinski definition) is 0. The highest BCUT2D eigenvalue weighted by Crippen LogP contribution is 2.38. The van der Waals surface area contributed by atoms with E-state index in [2.05, 4.69) is 45.3 Å². The quantitative estimate of drug-likeness (QED) is 0.312. The topological polar surface area (TPSA) is 89.8 Å². The van der Waals surface area contributed by atoms with E-state index in [0.717, 1.165) is 29.3 Å². The lowest BCUT2D eigenvalue weighted by Gasteiger charge is -2.36. The van der Waals surface area contributed by atoms with Gasteiger partial charge in [0, 0.05) is 16.6 Å². The van der Waals surface area contributed by atoms with Crippen LogP contribution in [0.3, 0.4) is 0 Å². The van der Waals surface area contributed by atoms with Crippen LogP contribution in [0, 0.1) is 6.92 Å². The summed E-state index contributed by atoms with van der Waals surface area (Å²) in [5, 5.41) is 8.87. The molecule has 10 heteroatoms. The summed E-state index contributed by atoms with van der Waals surface area (Å²) in [6, 6.07) is 13.6. The summed E-state index contributed by atoms with van der Waals surface area (Å²) in [5.74, 6) is -0.0299. The van der Waals surface area contributed by atoms with E-state index in [1.165, 1.54) is 5.56 Å². The van der Waals surface area contributed by atoms with E-state index in [1.807, 2.05) is 76.8 Å². The van der Waals surface area contributed by atoms with Gasteiger partial charge in [0.2, 0.25) is 0 Å². The standard InChI is InChI=1S/C32H40BrN5O4/c1-21-12-13-24(28(39)36-15-9-14-32(36,7)18-22-10-8-11-23(33)17-22)26(16-21)37-19-25(34-35-37)27-20-41-31(5,6)38(27)29(40)42-30(2,3)4/h8,10-13,16-17,19,27H,9,14-15,18,20H2,1-7H3. The molecule has 0 spiro atoms. The molecule has 5 rings (SSSR count). The molecule has 2 fully saturated rings. The third-order valence-corrected chi connectivity index (χ3v) is 8.52. The number of carbonyl (C=O) groups excluding carboxylic acids is 2. The maximum Gasteiger partial charge on any atom is 0.413 e. The lowest BCUT2D eigenvalue weighted by Crippen LogP contribution is -2.47. The summed E-state index contributed by atoms with van der Waals surface area (Å²) in [7, 11) is 0. The fourth-order valence-electron chi connectivity index (χ4n) is 6.02. The van der Waals surface area contributed by atoms with Crippen molar-refractivity contribution >= 4 is 27.9 Å². The lowest BCUT2D eigenvalue weighted by atomic mass is 9.89. The monoisotopic (exact) mass is 637 g/mol. The number of rotatable bonds is 5. The van der Waals surface area contributed by atoms with E-state index in [1.54, 1.807) is 15.8 Å². The van der Waals surface area contributed by atoms with Crippen LogP contribution in [0.25, 0.3) is 5.69 Å². The number of halogens is 1. The molecule has 2 aromatic carbocycles. The van der Waals surface area contributed by atoms with Gasteiger partial charge in [-0.25, -0.2) is 9.48 Å². The van der Waals surface area contributed by atoms with Gasteiger partial charge in [-0.3, -0.25) is 9.69 Å². The van der Waals surface area contributed by atoms with E-state index in [0.29, 0.717) is 23.5 Å². The third-order valence-electron chi connectivity index (χ3n) is 8.03. The zero-order valence-electron chi connectivity index (χ0n) is 25.5. The summed E-state index contributed by atoms with van der Waals surface area (Å²) in [6.45, 7) is 14.3. The summed E-state index contributed by atoms with van der Waals surface area (Å²) in [5.41, 5.74) is 2.11. The molecule has 2 amide bonds. The zero-order chi connectivity index (χ0) is 30.4. The number of aromatic nitrogens is 3. The van der Waals surface area contributed by atoms with E-state index in [9.17, 15) is 9.59 Å². The molecule has 2 unspecified atom stereocenters. The predicted molar refractivity (Wildman–Crippen MR) is 163 cm³/mol. The molecular weight excluding hydrogens is 598 g/mol. The SMILES string of the molecule is Cc1ccc(C(=O)N2CCCC2(C)Cc2cccc(Br)c2)c(-n2cc(C3COC(C)(C)N3C(=O)OC(C)(C)C)nn2)c1. The second kappa shape index (κ2) is 11.1. The van der Waals surface area contributed by atoms with Gasteiger partial charge in [-0.1, -0.05) is 39.3 Å². The molecular formula is C32H40BrN5O4. The molecule has 2 atom stereocenters. The van der Waals surface area contributed by atoms with Crippen LogP contribution in [0.4, 0.5) is 4.79 Å². The lowest BCUT2D eigenvalue weighted by molar-refractivity contribution is -0.0627. The van der Waals surface area contributed by atoms with Gasteiger partial charge in [-0.05, 0) is 103 Å². The van der Waals surface area contributed by atoms with Crippen molar-refractivity contribution in [2.45, 2.75) is 90.6 Å². The molecule has 2 aliphatic heterocycles. The summed E-state index contributed by atoms with van der Waals surface area (Å²) >= 11 is 3.58. The summed E-state index contributed by atoms with van der Waals surface area (Å²) in [4.78, 5) is 31.0. The number of likely N-dealkylation sites (tertiary alicyclic amines) is 1. The molecule has 224 valence electrons. The predicted octanol–water partition coefficient (Wildman–Crippen LogP) is 6.62. The first-order valence-electron chi connectivity index (χ1n) is 14.4. The molecule has 42 heavy (non-hydrogen) atoms. The fourth-order valence-corrected chi connectivity index (χ4v) is 6.47. The zero-order valence-corrected chi connectivity index (χ0v) is 27.1. The first-order valence-corrected chi connectivity index (χ1v) is 15.2. The second-order valence-corrected chi connectivity index (χ2v) is 14.0. The van der Waals surface area contributed by atoms with Crippen LogP contribution in [0.1, 0.15) is 87.6 Å². The molecule has 1 aromatic heterocycles. The van der Waals surface area contributed by atoms with Crippen LogP contribution in [-0.2, 0) is 15.9 Å². The normalized spacial score (nSPS) is 22.0. The molecule has 0 saturated carbocycles. The van der Waals surface area contributed by atoms with Crippen molar-refractivity contribution in [3.63, 3.8) is 0 Å². The minimum absolute atomic E-state index is 0.0299. The summed E-state index contributed by atoms with van der Waals surface area (Å²) in [6.07, 6.45) is 3.95. The van der Waals surface area contributed by atoms with Crippen molar-refractivity contribution in [1.29, 1.82) is 0 Å². The average Bonchev–Trinajstić information content (AvgIpc) is 3.59. The number of hydrogen-bond acceptors (Lipinski definition) is 6. The van der Waals surface area contributed by atoms with Gasteiger partial charge in [0.05, 0.1) is 24.1 Å². The van der Waals surface area contributed by atoms with E-state index >= 15 is 0 Å². The van der Waals surface area contributed by atoms with Crippen LogP contribution in [-0.4, -0.2) is 66.8 Å². The van der Waals surface area contributed by atoms with E-state index in [-0.39, 0.29) is 18.1 Å². The number of carbonyl (C=O) groups is 2. The Morgan fingerprint density at radius 3 is 2.62 bits per heavy atom. The Morgan fingerprint density at radius 1 is 1.14 bits per heavy atom. The number of benzene rings is 2. The van der Waals surface area contributed by atoms with Gasteiger partial charge in [0.25, 0.3) is 5.91 Å². The first-order chi connectivity index (χ1) is 19.7. The highest BCUT2D eigenvalue weighted by molar-refractivity contribution is 9.10. The van der Waals surface area contributed by atoms with Gasteiger partial charge >= 0.3 is 6.09 Å². The minimum Gasteiger partial charge on any atom is -0.444 e. The second-order valence-electron chi connectivity index (χ2n) is 13.1. The van der Waals surface area contributed by atoms with Gasteiger partial charge in [-0.15, -0.1) is 5.10 Å². The number of ether oxygens (including phenoxy) is 2. The Labute approximate surface area is 256 Å². The van der Waals surface area contributed by atoms with Crippen LogP contribution in [0.15, 0.2) is 53.1 Å². The molecule has 0 aliphatic carbocycles. The Morgan fingerprint density at radius 2 is 1.90 bits per heavy atom. The molecule has 2 saturated heterocycles. The molecule has 2 aliphatic rings. The Hall–Kier alpha value is -3.24. The molecule has 0 N–H and O–H groups in total. The largest absolute Gasteiger partial charge is 0.444 e. The molecule has 3 aromatic rings. The fraction of sp³-hybridized carbons (Fsp3) is 0.500. The van der Waals surface area contributed by atoms with Gasteiger partial charge < -0.3 is 14.4 Å². The third kappa shape index (κ3) is 6.10. The number of nitrogens with zero attached hydrogens (tertiary/aromatic N) is 5. The van der Waals surface area contributed by atoms with Crippen LogP contribution in [0.2, 0.25) is 0 Å².